The van der Waals surface area contributed by atoms with Crippen molar-refractivity contribution in [2.45, 2.75) is 32.6 Å². The molecular formula is C10H22N2O. The Labute approximate surface area is 81.2 Å². The van der Waals surface area contributed by atoms with Gasteiger partial charge in [-0.3, -0.25) is 0 Å². The summed E-state index contributed by atoms with van der Waals surface area (Å²) in [5.74, 6) is 5.89. The van der Waals surface area contributed by atoms with Crippen molar-refractivity contribution in [3.63, 3.8) is 0 Å². The lowest BCUT2D eigenvalue weighted by Crippen LogP contribution is -2.33. The summed E-state index contributed by atoms with van der Waals surface area (Å²) in [7, 11) is 0. The van der Waals surface area contributed by atoms with Gasteiger partial charge in [0.15, 0.2) is 0 Å². The second-order valence-corrected chi connectivity index (χ2v) is 3.89. The Morgan fingerprint density at radius 2 is 2.08 bits per heavy atom. The SMILES string of the molecule is CCN1CCC(CCCON)CC1. The van der Waals surface area contributed by atoms with Crippen LogP contribution in [-0.2, 0) is 4.84 Å². The highest BCUT2D eigenvalue weighted by atomic mass is 16.6. The fourth-order valence-corrected chi connectivity index (χ4v) is 2.05. The van der Waals surface area contributed by atoms with E-state index in [9.17, 15) is 0 Å². The lowest BCUT2D eigenvalue weighted by Gasteiger charge is -2.30. The van der Waals surface area contributed by atoms with Crippen molar-refractivity contribution < 1.29 is 4.84 Å². The summed E-state index contributed by atoms with van der Waals surface area (Å²) in [5.41, 5.74) is 0. The van der Waals surface area contributed by atoms with Gasteiger partial charge in [0.1, 0.15) is 0 Å². The van der Waals surface area contributed by atoms with E-state index in [0.29, 0.717) is 6.61 Å². The number of nitrogens with two attached hydrogens (primary N) is 1. The van der Waals surface area contributed by atoms with E-state index in [2.05, 4.69) is 16.7 Å². The van der Waals surface area contributed by atoms with Crippen molar-refractivity contribution in [2.24, 2.45) is 11.8 Å². The third kappa shape index (κ3) is 4.07. The van der Waals surface area contributed by atoms with Crippen LogP contribution in [-0.4, -0.2) is 31.1 Å². The predicted molar refractivity (Wildman–Crippen MR) is 54.2 cm³/mol. The Bertz CT molecular complexity index is 119. The molecule has 2 N–H and O–H groups in total. The summed E-state index contributed by atoms with van der Waals surface area (Å²) in [6.07, 6.45) is 5.12. The maximum absolute atomic E-state index is 4.98. The average molecular weight is 186 g/mol. The zero-order valence-corrected chi connectivity index (χ0v) is 8.67. The molecule has 0 bridgehead atoms. The average Bonchev–Trinajstić information content (AvgIpc) is 2.19. The van der Waals surface area contributed by atoms with Gasteiger partial charge in [0.2, 0.25) is 0 Å². The molecule has 0 aliphatic carbocycles. The van der Waals surface area contributed by atoms with Crippen LogP contribution in [0.25, 0.3) is 0 Å². The molecule has 1 saturated heterocycles. The van der Waals surface area contributed by atoms with E-state index in [1.54, 1.807) is 0 Å². The predicted octanol–water partition coefficient (Wildman–Crippen LogP) is 1.39. The quantitative estimate of drug-likeness (QED) is 0.521. The number of likely N-dealkylation sites (tertiary alicyclic amines) is 1. The van der Waals surface area contributed by atoms with Crippen molar-refractivity contribution in [3.05, 3.63) is 0 Å². The summed E-state index contributed by atoms with van der Waals surface area (Å²) < 4.78 is 0. The summed E-state index contributed by atoms with van der Waals surface area (Å²) >= 11 is 0. The molecule has 78 valence electrons. The van der Waals surface area contributed by atoms with E-state index in [0.717, 1.165) is 12.3 Å². The van der Waals surface area contributed by atoms with Crippen molar-refractivity contribution in [2.75, 3.05) is 26.2 Å². The molecule has 0 amide bonds. The zero-order valence-electron chi connectivity index (χ0n) is 8.67. The van der Waals surface area contributed by atoms with Gasteiger partial charge >= 0.3 is 0 Å². The number of hydrogen-bond donors (Lipinski definition) is 1. The summed E-state index contributed by atoms with van der Waals surface area (Å²) in [4.78, 5) is 7.09. The lowest BCUT2D eigenvalue weighted by atomic mass is 9.92. The highest BCUT2D eigenvalue weighted by Gasteiger charge is 2.17. The Morgan fingerprint density at radius 1 is 1.38 bits per heavy atom. The molecule has 1 aliphatic rings. The number of rotatable bonds is 5. The first-order valence-electron chi connectivity index (χ1n) is 5.40. The minimum Gasteiger partial charge on any atom is -0.305 e. The second-order valence-electron chi connectivity index (χ2n) is 3.89. The van der Waals surface area contributed by atoms with Gasteiger partial charge in [-0.25, -0.2) is 5.90 Å². The van der Waals surface area contributed by atoms with Crippen molar-refractivity contribution in [3.8, 4) is 0 Å². The molecule has 3 heteroatoms. The molecule has 13 heavy (non-hydrogen) atoms. The third-order valence-electron chi connectivity index (χ3n) is 3.03. The molecule has 1 aliphatic heterocycles. The third-order valence-corrected chi connectivity index (χ3v) is 3.03. The molecule has 1 rings (SSSR count). The van der Waals surface area contributed by atoms with Gasteiger partial charge in [-0.05, 0) is 51.2 Å². The van der Waals surface area contributed by atoms with Crippen LogP contribution in [0.4, 0.5) is 0 Å². The Kier molecular flexibility index (Phi) is 5.35. The van der Waals surface area contributed by atoms with Gasteiger partial charge in [-0.15, -0.1) is 0 Å². The van der Waals surface area contributed by atoms with Gasteiger partial charge in [-0.1, -0.05) is 6.92 Å². The van der Waals surface area contributed by atoms with E-state index in [1.807, 2.05) is 0 Å². The zero-order chi connectivity index (χ0) is 9.52. The normalized spacial score (nSPS) is 20.8. The highest BCUT2D eigenvalue weighted by Crippen LogP contribution is 2.21. The molecule has 0 radical (unpaired) electrons. The Hall–Kier alpha value is -0.120. The molecule has 0 aromatic rings. The maximum Gasteiger partial charge on any atom is 0.0679 e. The molecule has 0 unspecified atom stereocenters. The first kappa shape index (κ1) is 11.0. The van der Waals surface area contributed by atoms with Crippen LogP contribution in [0, 0.1) is 5.92 Å². The van der Waals surface area contributed by atoms with E-state index in [-0.39, 0.29) is 0 Å². The lowest BCUT2D eigenvalue weighted by molar-refractivity contribution is 0.121. The number of piperidine rings is 1. The minimum atomic E-state index is 0.716. The molecule has 0 aromatic carbocycles. The molecule has 0 aromatic heterocycles. The van der Waals surface area contributed by atoms with E-state index in [4.69, 9.17) is 5.90 Å². The standard InChI is InChI=1S/C10H22N2O/c1-2-12-7-5-10(6-8-12)4-3-9-13-11/h10H,2-9,11H2,1H3. The van der Waals surface area contributed by atoms with Crippen LogP contribution in [0.5, 0.6) is 0 Å². The van der Waals surface area contributed by atoms with E-state index in [1.165, 1.54) is 38.9 Å². The van der Waals surface area contributed by atoms with Crippen LogP contribution in [0.1, 0.15) is 32.6 Å². The van der Waals surface area contributed by atoms with Gasteiger partial charge in [0.05, 0.1) is 6.61 Å². The molecule has 0 saturated carbocycles. The number of hydrogen-bond acceptors (Lipinski definition) is 3. The Morgan fingerprint density at radius 3 is 2.62 bits per heavy atom. The molecule has 0 spiro atoms. The van der Waals surface area contributed by atoms with Gasteiger partial charge in [-0.2, -0.15) is 0 Å². The summed E-state index contributed by atoms with van der Waals surface area (Å²) in [6, 6.07) is 0. The van der Waals surface area contributed by atoms with Gasteiger partial charge in [0.25, 0.3) is 0 Å². The van der Waals surface area contributed by atoms with Gasteiger partial charge < -0.3 is 9.74 Å². The van der Waals surface area contributed by atoms with Crippen LogP contribution in [0.15, 0.2) is 0 Å². The largest absolute Gasteiger partial charge is 0.305 e. The van der Waals surface area contributed by atoms with Crippen LogP contribution >= 0.6 is 0 Å². The molecule has 1 heterocycles. The second kappa shape index (κ2) is 6.35. The summed E-state index contributed by atoms with van der Waals surface area (Å²) in [5, 5.41) is 0. The van der Waals surface area contributed by atoms with Crippen LogP contribution < -0.4 is 5.90 Å². The van der Waals surface area contributed by atoms with Crippen molar-refractivity contribution >= 4 is 0 Å². The monoisotopic (exact) mass is 186 g/mol. The molecular weight excluding hydrogens is 164 g/mol. The van der Waals surface area contributed by atoms with Crippen LogP contribution in [0.3, 0.4) is 0 Å². The number of nitrogens with zero attached hydrogens (tertiary/aromatic N) is 1. The maximum atomic E-state index is 4.98. The fourth-order valence-electron chi connectivity index (χ4n) is 2.05. The minimum absolute atomic E-state index is 0.716. The first-order chi connectivity index (χ1) is 6.36. The highest BCUT2D eigenvalue weighted by molar-refractivity contribution is 4.71. The topological polar surface area (TPSA) is 38.5 Å². The first-order valence-corrected chi connectivity index (χ1v) is 5.40. The molecule has 0 atom stereocenters. The van der Waals surface area contributed by atoms with E-state index >= 15 is 0 Å². The van der Waals surface area contributed by atoms with Crippen molar-refractivity contribution in [1.82, 2.24) is 4.90 Å². The smallest absolute Gasteiger partial charge is 0.0679 e. The van der Waals surface area contributed by atoms with E-state index < -0.39 is 0 Å². The molecule has 3 nitrogen and oxygen atoms in total. The molecule has 1 fully saturated rings. The Balaban J connectivity index is 2.03. The summed E-state index contributed by atoms with van der Waals surface area (Å²) in [6.45, 7) is 6.73. The fraction of sp³-hybridized carbons (Fsp3) is 1.00. The van der Waals surface area contributed by atoms with Crippen LogP contribution in [0.2, 0.25) is 0 Å². The van der Waals surface area contributed by atoms with Gasteiger partial charge in [0, 0.05) is 0 Å². The van der Waals surface area contributed by atoms with Crippen molar-refractivity contribution in [1.29, 1.82) is 0 Å².